The number of benzene rings is 1. The Morgan fingerprint density at radius 1 is 1.11 bits per heavy atom. The lowest BCUT2D eigenvalue weighted by Gasteiger charge is -2.20. The van der Waals surface area contributed by atoms with Crippen molar-refractivity contribution in [2.45, 2.75) is 58.3 Å². The predicted octanol–water partition coefficient (Wildman–Crippen LogP) is 4.90. The van der Waals surface area contributed by atoms with Crippen LogP contribution >= 0.6 is 12.4 Å². The summed E-state index contributed by atoms with van der Waals surface area (Å²) in [6, 6.07) is 8.47. The van der Waals surface area contributed by atoms with Crippen molar-refractivity contribution in [3.63, 3.8) is 0 Å². The lowest BCUT2D eigenvalue weighted by molar-refractivity contribution is 0.554. The van der Waals surface area contributed by atoms with Crippen LogP contribution in [0.15, 0.2) is 24.3 Å². The van der Waals surface area contributed by atoms with Crippen LogP contribution in [0.1, 0.15) is 44.2 Å². The van der Waals surface area contributed by atoms with Gasteiger partial charge in [0.15, 0.2) is 0 Å². The Hall–Kier alpha value is -0.513. The zero-order valence-electron chi connectivity index (χ0n) is 12.6. The third-order valence-corrected chi connectivity index (χ3v) is 3.70. The van der Waals surface area contributed by atoms with Gasteiger partial charge in [-0.15, -0.1) is 12.4 Å². The molecule has 1 aromatic carbocycles. The smallest absolute Gasteiger partial charge is 0.242 e. The van der Waals surface area contributed by atoms with Gasteiger partial charge in [-0.25, -0.2) is 0 Å². The van der Waals surface area contributed by atoms with Crippen LogP contribution in [0.4, 0.5) is 0 Å². The molecule has 0 spiro atoms. The van der Waals surface area contributed by atoms with Gasteiger partial charge in [0.2, 0.25) is 8.32 Å². The molecule has 0 radical (unpaired) electrons. The van der Waals surface area contributed by atoms with Crippen molar-refractivity contribution < 1.29 is 4.43 Å². The number of hydrogen-bond donors (Lipinski definition) is 1. The maximum absolute atomic E-state index is 6.18. The van der Waals surface area contributed by atoms with Gasteiger partial charge in [0.1, 0.15) is 5.75 Å². The minimum absolute atomic E-state index is 0. The number of hydrogen-bond acceptors (Lipinski definition) is 2. The summed E-state index contributed by atoms with van der Waals surface area (Å²) >= 11 is 0. The maximum atomic E-state index is 6.18. The Morgan fingerprint density at radius 2 is 1.68 bits per heavy atom. The Morgan fingerprint density at radius 3 is 2.16 bits per heavy atom. The summed E-state index contributed by atoms with van der Waals surface area (Å²) in [6.45, 7) is 8.79. The van der Waals surface area contributed by atoms with Gasteiger partial charge in [0.05, 0.1) is 0 Å². The summed E-state index contributed by atoms with van der Waals surface area (Å²) in [4.78, 5) is 0. The Kier molecular flexibility index (Phi) is 8.38. The van der Waals surface area contributed by atoms with Crippen LogP contribution < -0.4 is 10.2 Å². The average molecular weight is 302 g/mol. The van der Waals surface area contributed by atoms with Crippen molar-refractivity contribution in [1.82, 2.24) is 0 Å². The third kappa shape index (κ3) is 7.60. The summed E-state index contributed by atoms with van der Waals surface area (Å²) < 4.78 is 5.93. The van der Waals surface area contributed by atoms with Gasteiger partial charge in [0, 0.05) is 6.04 Å². The molecule has 110 valence electrons. The molecule has 1 aromatic rings. The van der Waals surface area contributed by atoms with Crippen LogP contribution in [-0.2, 0) is 0 Å². The van der Waals surface area contributed by atoms with Crippen LogP contribution in [-0.4, -0.2) is 8.32 Å². The zero-order valence-corrected chi connectivity index (χ0v) is 14.4. The summed E-state index contributed by atoms with van der Waals surface area (Å²) in [6.07, 6.45) is 4.80. The highest BCUT2D eigenvalue weighted by Gasteiger charge is 2.16. The molecule has 0 amide bonds. The molecule has 0 saturated heterocycles. The van der Waals surface area contributed by atoms with E-state index >= 15 is 0 Å². The maximum Gasteiger partial charge on any atom is 0.242 e. The summed E-state index contributed by atoms with van der Waals surface area (Å²) in [5.74, 6) is 0.971. The first-order chi connectivity index (χ1) is 8.42. The van der Waals surface area contributed by atoms with Crippen LogP contribution in [0.25, 0.3) is 0 Å². The Bertz CT molecular complexity index is 348. The normalized spacial score (nSPS) is 12.7. The van der Waals surface area contributed by atoms with Crippen molar-refractivity contribution in [2.24, 2.45) is 5.73 Å². The predicted molar refractivity (Wildman–Crippen MR) is 88.7 cm³/mol. The standard InChI is InChI=1S/C15H27NOSi.ClH/c1-5-6-7-8-15(16)13-9-11-14(12-10-13)17-18(2,3)4;/h9-12,15H,5-8,16H2,1-4H3;1H/t15-;/m1./s1. The monoisotopic (exact) mass is 301 g/mol. The van der Waals surface area contributed by atoms with E-state index < -0.39 is 8.32 Å². The lowest BCUT2D eigenvalue weighted by atomic mass is 10.0. The van der Waals surface area contributed by atoms with E-state index in [9.17, 15) is 0 Å². The van der Waals surface area contributed by atoms with Gasteiger partial charge in [-0.1, -0.05) is 38.3 Å². The second-order valence-electron chi connectivity index (χ2n) is 5.89. The van der Waals surface area contributed by atoms with Gasteiger partial charge >= 0.3 is 0 Å². The molecule has 1 rings (SSSR count). The molecule has 0 aliphatic carbocycles. The third-order valence-electron chi connectivity index (χ3n) is 2.85. The number of halogens is 1. The van der Waals surface area contributed by atoms with Gasteiger partial charge in [-0.3, -0.25) is 0 Å². The van der Waals surface area contributed by atoms with E-state index in [0.29, 0.717) is 0 Å². The van der Waals surface area contributed by atoms with Gasteiger partial charge < -0.3 is 10.2 Å². The molecule has 0 saturated carbocycles. The summed E-state index contributed by atoms with van der Waals surface area (Å²) in [7, 11) is -1.50. The second-order valence-corrected chi connectivity index (χ2v) is 10.3. The lowest BCUT2D eigenvalue weighted by Crippen LogP contribution is -2.29. The topological polar surface area (TPSA) is 35.2 Å². The van der Waals surface area contributed by atoms with Crippen molar-refractivity contribution in [2.75, 3.05) is 0 Å². The van der Waals surface area contributed by atoms with Crippen molar-refractivity contribution in [3.05, 3.63) is 29.8 Å². The molecular formula is C15H28ClNOSi. The number of unbranched alkanes of at least 4 members (excludes halogenated alkanes) is 2. The highest BCUT2D eigenvalue weighted by Crippen LogP contribution is 2.22. The van der Waals surface area contributed by atoms with Gasteiger partial charge in [0.25, 0.3) is 0 Å². The van der Waals surface area contributed by atoms with E-state index in [4.69, 9.17) is 10.2 Å². The number of nitrogens with two attached hydrogens (primary N) is 1. The minimum Gasteiger partial charge on any atom is -0.544 e. The van der Waals surface area contributed by atoms with Gasteiger partial charge in [-0.2, -0.15) is 0 Å². The minimum atomic E-state index is -1.50. The molecule has 1 atom stereocenters. The fourth-order valence-corrected chi connectivity index (χ4v) is 2.76. The average Bonchev–Trinajstić information content (AvgIpc) is 2.28. The second kappa shape index (κ2) is 8.62. The number of rotatable bonds is 7. The Balaban J connectivity index is 0.00000324. The summed E-state index contributed by atoms with van der Waals surface area (Å²) in [5, 5.41) is 0. The fraction of sp³-hybridized carbons (Fsp3) is 0.600. The van der Waals surface area contributed by atoms with Gasteiger partial charge in [-0.05, 0) is 43.8 Å². The molecule has 0 aliphatic heterocycles. The molecule has 0 heterocycles. The fourth-order valence-electron chi connectivity index (χ4n) is 1.92. The Labute approximate surface area is 125 Å². The molecule has 0 fully saturated rings. The summed E-state index contributed by atoms with van der Waals surface area (Å²) in [5.41, 5.74) is 7.40. The van der Waals surface area contributed by atoms with E-state index in [1.807, 2.05) is 12.1 Å². The first-order valence-electron chi connectivity index (χ1n) is 6.97. The molecule has 0 unspecified atom stereocenters. The van der Waals surface area contributed by atoms with E-state index in [2.05, 4.69) is 38.7 Å². The van der Waals surface area contributed by atoms with E-state index in [1.165, 1.54) is 24.8 Å². The van der Waals surface area contributed by atoms with Crippen molar-refractivity contribution in [1.29, 1.82) is 0 Å². The first kappa shape index (κ1) is 18.5. The van der Waals surface area contributed by atoms with Crippen molar-refractivity contribution in [3.8, 4) is 5.75 Å². The van der Waals surface area contributed by atoms with Crippen LogP contribution in [0.5, 0.6) is 5.75 Å². The van der Waals surface area contributed by atoms with Crippen LogP contribution in [0, 0.1) is 0 Å². The molecule has 0 aliphatic rings. The van der Waals surface area contributed by atoms with E-state index in [-0.39, 0.29) is 18.4 Å². The quantitative estimate of drug-likeness (QED) is 0.574. The molecule has 2 N–H and O–H groups in total. The SMILES string of the molecule is CCCCC[C@@H](N)c1ccc(O[Si](C)(C)C)cc1.Cl. The molecule has 0 bridgehead atoms. The molecular weight excluding hydrogens is 274 g/mol. The molecule has 4 heteroatoms. The van der Waals surface area contributed by atoms with E-state index in [0.717, 1.165) is 12.2 Å². The van der Waals surface area contributed by atoms with Crippen molar-refractivity contribution >= 4 is 20.7 Å². The first-order valence-corrected chi connectivity index (χ1v) is 10.4. The molecule has 0 aromatic heterocycles. The zero-order chi connectivity index (χ0) is 13.6. The molecule has 19 heavy (non-hydrogen) atoms. The largest absolute Gasteiger partial charge is 0.544 e. The van der Waals surface area contributed by atoms with Crippen LogP contribution in [0.3, 0.4) is 0 Å². The molecule has 2 nitrogen and oxygen atoms in total. The highest BCUT2D eigenvalue weighted by atomic mass is 35.5. The van der Waals surface area contributed by atoms with E-state index in [1.54, 1.807) is 0 Å². The highest BCUT2D eigenvalue weighted by molar-refractivity contribution is 6.70. The van der Waals surface area contributed by atoms with Crippen LogP contribution in [0.2, 0.25) is 19.6 Å².